The first-order valence-corrected chi connectivity index (χ1v) is 6.71. The molecule has 1 amide bonds. The standard InChI is InChI=1S/C13H26N2O2/c1-3-13(2,10-14)12(17)15(8-9-16)11-6-4-5-7-11/h11,16H,3-10,14H2,1-2H3. The molecule has 0 bridgehead atoms. The zero-order valence-electron chi connectivity index (χ0n) is 11.1. The second-order valence-corrected chi connectivity index (χ2v) is 5.28. The van der Waals surface area contributed by atoms with Crippen LogP contribution >= 0.6 is 0 Å². The molecule has 17 heavy (non-hydrogen) atoms. The molecule has 0 aromatic rings. The molecular weight excluding hydrogens is 216 g/mol. The van der Waals surface area contributed by atoms with Crippen molar-refractivity contribution in [2.75, 3.05) is 19.7 Å². The number of aliphatic hydroxyl groups excluding tert-OH is 1. The number of hydrogen-bond acceptors (Lipinski definition) is 3. The van der Waals surface area contributed by atoms with Gasteiger partial charge in [0.25, 0.3) is 0 Å². The summed E-state index contributed by atoms with van der Waals surface area (Å²) in [7, 11) is 0. The number of carbonyl (C=O) groups is 1. The SMILES string of the molecule is CCC(C)(CN)C(=O)N(CCO)C1CCCC1. The van der Waals surface area contributed by atoms with E-state index in [1.807, 2.05) is 18.7 Å². The van der Waals surface area contributed by atoms with E-state index in [2.05, 4.69) is 0 Å². The summed E-state index contributed by atoms with van der Waals surface area (Å²) in [5.74, 6) is 0.114. The van der Waals surface area contributed by atoms with Crippen molar-refractivity contribution in [1.29, 1.82) is 0 Å². The first-order valence-electron chi connectivity index (χ1n) is 6.71. The lowest BCUT2D eigenvalue weighted by molar-refractivity contribution is -0.144. The van der Waals surface area contributed by atoms with Crippen LogP contribution in [0.15, 0.2) is 0 Å². The minimum absolute atomic E-state index is 0.0343. The van der Waals surface area contributed by atoms with E-state index >= 15 is 0 Å². The highest BCUT2D eigenvalue weighted by atomic mass is 16.3. The van der Waals surface area contributed by atoms with E-state index in [9.17, 15) is 4.79 Å². The summed E-state index contributed by atoms with van der Waals surface area (Å²) in [5, 5.41) is 9.13. The minimum Gasteiger partial charge on any atom is -0.395 e. The van der Waals surface area contributed by atoms with Crippen LogP contribution in [-0.2, 0) is 4.79 Å². The molecule has 3 N–H and O–H groups in total. The van der Waals surface area contributed by atoms with Crippen LogP contribution in [0.2, 0.25) is 0 Å². The number of hydrogen-bond donors (Lipinski definition) is 2. The summed E-state index contributed by atoms with van der Waals surface area (Å²) < 4.78 is 0. The average Bonchev–Trinajstić information content (AvgIpc) is 2.87. The molecule has 0 heterocycles. The van der Waals surface area contributed by atoms with Gasteiger partial charge in [-0.3, -0.25) is 4.79 Å². The third kappa shape index (κ3) is 3.19. The Morgan fingerprint density at radius 3 is 2.47 bits per heavy atom. The molecule has 0 radical (unpaired) electrons. The summed E-state index contributed by atoms with van der Waals surface area (Å²) in [4.78, 5) is 14.4. The quantitative estimate of drug-likeness (QED) is 0.733. The third-order valence-corrected chi connectivity index (χ3v) is 4.11. The van der Waals surface area contributed by atoms with Gasteiger partial charge in [-0.25, -0.2) is 0 Å². The molecule has 1 aliphatic rings. The lowest BCUT2D eigenvalue weighted by Crippen LogP contribution is -2.50. The van der Waals surface area contributed by atoms with Gasteiger partial charge in [-0.05, 0) is 26.2 Å². The van der Waals surface area contributed by atoms with Gasteiger partial charge < -0.3 is 15.7 Å². The summed E-state index contributed by atoms with van der Waals surface area (Å²) in [5.41, 5.74) is 5.27. The maximum Gasteiger partial charge on any atom is 0.230 e. The lowest BCUT2D eigenvalue weighted by Gasteiger charge is -2.36. The maximum absolute atomic E-state index is 12.5. The van der Waals surface area contributed by atoms with Crippen molar-refractivity contribution in [2.45, 2.75) is 52.0 Å². The van der Waals surface area contributed by atoms with Gasteiger partial charge in [-0.1, -0.05) is 19.8 Å². The molecule has 0 aromatic heterocycles. The van der Waals surface area contributed by atoms with Gasteiger partial charge in [0.15, 0.2) is 0 Å². The van der Waals surface area contributed by atoms with E-state index in [0.717, 1.165) is 19.3 Å². The Kier molecular flexibility index (Phi) is 5.40. The fourth-order valence-electron chi connectivity index (χ4n) is 2.50. The summed E-state index contributed by atoms with van der Waals surface area (Å²) in [6.45, 7) is 4.77. The van der Waals surface area contributed by atoms with Crippen molar-refractivity contribution in [3.05, 3.63) is 0 Å². The summed E-state index contributed by atoms with van der Waals surface area (Å²) >= 11 is 0. The Balaban J connectivity index is 2.78. The van der Waals surface area contributed by atoms with Gasteiger partial charge in [0.05, 0.1) is 12.0 Å². The van der Waals surface area contributed by atoms with Crippen LogP contribution in [0.1, 0.15) is 46.0 Å². The number of rotatable bonds is 6. The fourth-order valence-corrected chi connectivity index (χ4v) is 2.50. The van der Waals surface area contributed by atoms with Crippen LogP contribution in [0.5, 0.6) is 0 Å². The molecular formula is C13H26N2O2. The van der Waals surface area contributed by atoms with Gasteiger partial charge in [0.2, 0.25) is 5.91 Å². The number of amides is 1. The summed E-state index contributed by atoms with van der Waals surface area (Å²) in [6.07, 6.45) is 5.25. The van der Waals surface area contributed by atoms with Crippen molar-refractivity contribution < 1.29 is 9.90 Å². The van der Waals surface area contributed by atoms with Crippen LogP contribution in [0.25, 0.3) is 0 Å². The van der Waals surface area contributed by atoms with E-state index < -0.39 is 5.41 Å². The Hall–Kier alpha value is -0.610. The molecule has 0 saturated heterocycles. The highest BCUT2D eigenvalue weighted by molar-refractivity contribution is 5.83. The second-order valence-electron chi connectivity index (χ2n) is 5.28. The van der Waals surface area contributed by atoms with Crippen molar-refractivity contribution in [3.63, 3.8) is 0 Å². The third-order valence-electron chi connectivity index (χ3n) is 4.11. The summed E-state index contributed by atoms with van der Waals surface area (Å²) in [6, 6.07) is 0.312. The van der Waals surface area contributed by atoms with E-state index in [1.54, 1.807) is 0 Å². The number of carbonyl (C=O) groups excluding carboxylic acids is 1. The zero-order valence-corrected chi connectivity index (χ0v) is 11.1. The molecule has 1 fully saturated rings. The van der Waals surface area contributed by atoms with Crippen LogP contribution in [0.3, 0.4) is 0 Å². The highest BCUT2D eigenvalue weighted by Gasteiger charge is 2.37. The molecule has 100 valence electrons. The van der Waals surface area contributed by atoms with Crippen LogP contribution in [-0.4, -0.2) is 41.7 Å². The number of nitrogens with zero attached hydrogens (tertiary/aromatic N) is 1. The first kappa shape index (κ1) is 14.5. The molecule has 1 atom stereocenters. The number of aliphatic hydroxyl groups is 1. The van der Waals surface area contributed by atoms with Crippen molar-refractivity contribution in [2.24, 2.45) is 11.1 Å². The highest BCUT2D eigenvalue weighted by Crippen LogP contribution is 2.29. The van der Waals surface area contributed by atoms with Gasteiger partial charge >= 0.3 is 0 Å². The predicted molar refractivity (Wildman–Crippen MR) is 68.5 cm³/mol. The van der Waals surface area contributed by atoms with Crippen LogP contribution < -0.4 is 5.73 Å². The average molecular weight is 242 g/mol. The molecule has 0 aliphatic heterocycles. The van der Waals surface area contributed by atoms with E-state index in [-0.39, 0.29) is 12.5 Å². The van der Waals surface area contributed by atoms with Gasteiger partial charge in [-0.2, -0.15) is 0 Å². The fraction of sp³-hybridized carbons (Fsp3) is 0.923. The lowest BCUT2D eigenvalue weighted by atomic mass is 9.85. The zero-order chi connectivity index (χ0) is 12.9. The Bertz CT molecular complexity index is 246. The molecule has 0 aromatic carbocycles. The maximum atomic E-state index is 12.5. The Morgan fingerprint density at radius 1 is 1.47 bits per heavy atom. The molecule has 4 nitrogen and oxygen atoms in total. The van der Waals surface area contributed by atoms with Gasteiger partial charge in [-0.15, -0.1) is 0 Å². The van der Waals surface area contributed by atoms with E-state index in [0.29, 0.717) is 19.1 Å². The molecule has 1 unspecified atom stereocenters. The molecule has 1 rings (SSSR count). The van der Waals surface area contributed by atoms with E-state index in [1.165, 1.54) is 12.8 Å². The normalized spacial score (nSPS) is 20.2. The minimum atomic E-state index is -0.474. The topological polar surface area (TPSA) is 66.6 Å². The van der Waals surface area contributed by atoms with Gasteiger partial charge in [0.1, 0.15) is 0 Å². The monoisotopic (exact) mass is 242 g/mol. The smallest absolute Gasteiger partial charge is 0.230 e. The number of nitrogens with two attached hydrogens (primary N) is 1. The van der Waals surface area contributed by atoms with Gasteiger partial charge in [0, 0.05) is 19.1 Å². The molecule has 1 aliphatic carbocycles. The Labute approximate surface area is 104 Å². The van der Waals surface area contributed by atoms with Crippen LogP contribution in [0, 0.1) is 5.41 Å². The van der Waals surface area contributed by atoms with E-state index in [4.69, 9.17) is 10.8 Å². The van der Waals surface area contributed by atoms with Crippen molar-refractivity contribution in [3.8, 4) is 0 Å². The van der Waals surface area contributed by atoms with Crippen molar-refractivity contribution >= 4 is 5.91 Å². The van der Waals surface area contributed by atoms with Crippen LogP contribution in [0.4, 0.5) is 0 Å². The van der Waals surface area contributed by atoms with Crippen molar-refractivity contribution in [1.82, 2.24) is 4.90 Å². The largest absolute Gasteiger partial charge is 0.395 e. The first-order chi connectivity index (χ1) is 8.09. The molecule has 4 heteroatoms. The molecule has 0 spiro atoms. The second kappa shape index (κ2) is 6.36. The predicted octanol–water partition coefficient (Wildman–Crippen LogP) is 1.12. The Morgan fingerprint density at radius 2 is 2.06 bits per heavy atom. The molecule has 1 saturated carbocycles.